The predicted molar refractivity (Wildman–Crippen MR) is 84.6 cm³/mol. The molecule has 0 aliphatic carbocycles. The van der Waals surface area contributed by atoms with E-state index in [1.807, 2.05) is 23.6 Å². The van der Waals surface area contributed by atoms with Crippen LogP contribution < -0.4 is 0 Å². The van der Waals surface area contributed by atoms with Gasteiger partial charge < -0.3 is 4.90 Å². The highest BCUT2D eigenvalue weighted by Crippen LogP contribution is 2.28. The van der Waals surface area contributed by atoms with Crippen LogP contribution >= 0.6 is 23.4 Å². The molecule has 112 valence electrons. The van der Waals surface area contributed by atoms with Crippen LogP contribution in [0.3, 0.4) is 0 Å². The highest BCUT2D eigenvalue weighted by atomic mass is 35.5. The molecule has 6 heteroatoms. The number of hydrogen-bond acceptors (Lipinski definition) is 3. The Morgan fingerprint density at radius 2 is 2.25 bits per heavy atom. The lowest BCUT2D eigenvalue weighted by Gasteiger charge is -2.34. The molecular weight excluding hydrogens is 294 g/mol. The molecule has 0 N–H and O–H groups in total. The maximum absolute atomic E-state index is 12.8. The minimum Gasteiger partial charge on any atom is -0.337 e. The summed E-state index contributed by atoms with van der Waals surface area (Å²) in [6.07, 6.45) is 0.720. The van der Waals surface area contributed by atoms with Crippen molar-refractivity contribution >= 4 is 29.3 Å². The summed E-state index contributed by atoms with van der Waals surface area (Å²) in [5, 5.41) is 5.29. The van der Waals surface area contributed by atoms with Gasteiger partial charge in [0.05, 0.1) is 11.3 Å². The van der Waals surface area contributed by atoms with E-state index in [0.717, 1.165) is 31.0 Å². The molecule has 0 aromatic carbocycles. The van der Waals surface area contributed by atoms with Crippen molar-refractivity contribution in [3.63, 3.8) is 0 Å². The van der Waals surface area contributed by atoms with Crippen LogP contribution in [0.15, 0.2) is 0 Å². The highest BCUT2D eigenvalue weighted by molar-refractivity contribution is 8.00. The lowest BCUT2D eigenvalue weighted by Crippen LogP contribution is -2.43. The smallest absolute Gasteiger partial charge is 0.258 e. The van der Waals surface area contributed by atoms with E-state index in [2.05, 4.69) is 18.9 Å². The second-order valence-corrected chi connectivity index (χ2v) is 7.20. The molecule has 0 spiro atoms. The molecule has 1 aromatic heterocycles. The average molecular weight is 316 g/mol. The second-order valence-electron chi connectivity index (χ2n) is 5.49. The van der Waals surface area contributed by atoms with E-state index in [9.17, 15) is 4.79 Å². The Morgan fingerprint density at radius 1 is 1.55 bits per heavy atom. The second kappa shape index (κ2) is 6.39. The largest absolute Gasteiger partial charge is 0.337 e. The third kappa shape index (κ3) is 2.98. The van der Waals surface area contributed by atoms with Crippen molar-refractivity contribution in [1.82, 2.24) is 14.7 Å². The van der Waals surface area contributed by atoms with E-state index >= 15 is 0 Å². The van der Waals surface area contributed by atoms with Crippen molar-refractivity contribution in [3.8, 4) is 0 Å². The molecule has 1 fully saturated rings. The molecule has 0 unspecified atom stereocenters. The monoisotopic (exact) mass is 315 g/mol. The minimum absolute atomic E-state index is 0.0332. The highest BCUT2D eigenvalue weighted by Gasteiger charge is 2.30. The molecule has 1 saturated heterocycles. The molecule has 1 amide bonds. The summed E-state index contributed by atoms with van der Waals surface area (Å²) >= 11 is 8.21. The molecule has 2 rings (SSSR count). The summed E-state index contributed by atoms with van der Waals surface area (Å²) in [7, 11) is 1.78. The van der Waals surface area contributed by atoms with Crippen LogP contribution in [-0.4, -0.2) is 44.7 Å². The van der Waals surface area contributed by atoms with Crippen molar-refractivity contribution in [3.05, 3.63) is 16.4 Å². The molecule has 0 saturated carbocycles. The van der Waals surface area contributed by atoms with E-state index in [-0.39, 0.29) is 5.91 Å². The lowest BCUT2D eigenvalue weighted by atomic mass is 10.1. The van der Waals surface area contributed by atoms with Gasteiger partial charge in [0.25, 0.3) is 5.91 Å². The number of thioether (sulfide) groups is 1. The maximum atomic E-state index is 12.8. The molecule has 1 aliphatic rings. The van der Waals surface area contributed by atoms with Gasteiger partial charge >= 0.3 is 0 Å². The van der Waals surface area contributed by atoms with Crippen LogP contribution in [0, 0.1) is 5.92 Å². The van der Waals surface area contributed by atoms with Gasteiger partial charge in [0.15, 0.2) is 0 Å². The van der Waals surface area contributed by atoms with Gasteiger partial charge in [0, 0.05) is 31.1 Å². The molecule has 1 atom stereocenters. The molecular formula is C14H22ClN3OS. The van der Waals surface area contributed by atoms with Gasteiger partial charge in [-0.1, -0.05) is 32.4 Å². The van der Waals surface area contributed by atoms with Gasteiger partial charge in [-0.05, 0) is 12.3 Å². The van der Waals surface area contributed by atoms with Crippen molar-refractivity contribution in [1.29, 1.82) is 0 Å². The molecule has 0 radical (unpaired) electrons. The van der Waals surface area contributed by atoms with E-state index in [1.54, 1.807) is 11.7 Å². The van der Waals surface area contributed by atoms with Crippen molar-refractivity contribution < 1.29 is 4.79 Å². The lowest BCUT2D eigenvalue weighted by molar-refractivity contribution is 0.0755. The molecule has 0 bridgehead atoms. The molecule has 20 heavy (non-hydrogen) atoms. The molecule has 4 nitrogen and oxygen atoms in total. The topological polar surface area (TPSA) is 38.1 Å². The van der Waals surface area contributed by atoms with Crippen LogP contribution in [0.4, 0.5) is 0 Å². The number of carbonyl (C=O) groups is 1. The third-order valence-corrected chi connectivity index (χ3v) is 5.70. The van der Waals surface area contributed by atoms with Gasteiger partial charge in [0.2, 0.25) is 0 Å². The number of nitrogens with zero attached hydrogens (tertiary/aromatic N) is 3. The zero-order valence-electron chi connectivity index (χ0n) is 12.5. The average Bonchev–Trinajstić information content (AvgIpc) is 2.73. The molecule has 1 aromatic rings. The van der Waals surface area contributed by atoms with Crippen LogP contribution in [-0.2, 0) is 13.5 Å². The van der Waals surface area contributed by atoms with Gasteiger partial charge in [-0.15, -0.1) is 0 Å². The van der Waals surface area contributed by atoms with Crippen molar-refractivity contribution in [2.24, 2.45) is 13.0 Å². The standard InChI is InChI=1S/C14H22ClN3OS/c1-5-10-12(13(15)17(4)16-10)14(19)18-6-7-20-11(8-18)9(2)3/h9,11H,5-8H2,1-4H3/t11-/m0/s1. The first-order valence-electron chi connectivity index (χ1n) is 7.07. The summed E-state index contributed by atoms with van der Waals surface area (Å²) in [4.78, 5) is 14.7. The van der Waals surface area contributed by atoms with E-state index in [1.165, 1.54) is 0 Å². The Labute approximate surface area is 129 Å². The normalized spacial score (nSPS) is 19.7. The Morgan fingerprint density at radius 3 is 2.85 bits per heavy atom. The molecule has 2 heterocycles. The number of rotatable bonds is 3. The maximum Gasteiger partial charge on any atom is 0.258 e. The third-order valence-electron chi connectivity index (χ3n) is 3.72. The number of aryl methyl sites for hydroxylation is 2. The predicted octanol–water partition coefficient (Wildman–Crippen LogP) is 2.85. The Balaban J connectivity index is 2.23. The summed E-state index contributed by atoms with van der Waals surface area (Å²) in [6.45, 7) is 8.01. The Bertz CT molecular complexity index is 501. The Kier molecular flexibility index (Phi) is 5.02. The first kappa shape index (κ1) is 15.7. The number of halogens is 1. The quantitative estimate of drug-likeness (QED) is 0.861. The fraction of sp³-hybridized carbons (Fsp3) is 0.714. The van der Waals surface area contributed by atoms with Gasteiger partial charge in [-0.25, -0.2) is 0 Å². The van der Waals surface area contributed by atoms with E-state index in [0.29, 0.717) is 21.9 Å². The zero-order chi connectivity index (χ0) is 14.9. The summed E-state index contributed by atoms with van der Waals surface area (Å²) in [6, 6.07) is 0. The van der Waals surface area contributed by atoms with E-state index < -0.39 is 0 Å². The van der Waals surface area contributed by atoms with Gasteiger partial charge in [-0.2, -0.15) is 16.9 Å². The van der Waals surface area contributed by atoms with Gasteiger partial charge in [0.1, 0.15) is 5.15 Å². The fourth-order valence-electron chi connectivity index (χ4n) is 2.44. The van der Waals surface area contributed by atoms with Gasteiger partial charge in [-0.3, -0.25) is 9.48 Å². The molecule has 1 aliphatic heterocycles. The fourth-order valence-corrected chi connectivity index (χ4v) is 3.96. The van der Waals surface area contributed by atoms with Crippen molar-refractivity contribution in [2.75, 3.05) is 18.8 Å². The summed E-state index contributed by atoms with van der Waals surface area (Å²) in [5.41, 5.74) is 1.38. The number of amides is 1. The Hall–Kier alpha value is -0.680. The van der Waals surface area contributed by atoms with Crippen LogP contribution in [0.5, 0.6) is 0 Å². The first-order valence-corrected chi connectivity index (χ1v) is 8.50. The van der Waals surface area contributed by atoms with E-state index in [4.69, 9.17) is 11.6 Å². The first-order chi connectivity index (χ1) is 9.45. The summed E-state index contributed by atoms with van der Waals surface area (Å²) < 4.78 is 1.59. The number of hydrogen-bond donors (Lipinski definition) is 0. The summed E-state index contributed by atoms with van der Waals surface area (Å²) in [5.74, 6) is 1.60. The van der Waals surface area contributed by atoms with Crippen molar-refractivity contribution in [2.45, 2.75) is 32.4 Å². The van der Waals surface area contributed by atoms with Crippen LogP contribution in [0.1, 0.15) is 36.8 Å². The van der Waals surface area contributed by atoms with Crippen LogP contribution in [0.25, 0.3) is 0 Å². The van der Waals surface area contributed by atoms with Crippen LogP contribution in [0.2, 0.25) is 5.15 Å². The minimum atomic E-state index is 0.0332. The zero-order valence-corrected chi connectivity index (χ0v) is 14.1. The SMILES string of the molecule is CCc1nn(C)c(Cl)c1C(=O)N1CCS[C@H](C(C)C)C1. The number of carbonyl (C=O) groups excluding carboxylic acids is 1. The number of aromatic nitrogens is 2.